The van der Waals surface area contributed by atoms with Crippen LogP contribution in [0.1, 0.15) is 25.1 Å². The lowest BCUT2D eigenvalue weighted by atomic mass is 9.86. The molecule has 0 aliphatic carbocycles. The molecule has 1 aromatic carbocycles. The van der Waals surface area contributed by atoms with Crippen LogP contribution in [0.5, 0.6) is 0 Å². The van der Waals surface area contributed by atoms with E-state index in [2.05, 4.69) is 21.4 Å². The molecule has 4 heteroatoms. The number of aromatic nitrogens is 2. The predicted molar refractivity (Wildman–Crippen MR) is 74.4 cm³/mol. The number of nitrogens with zero attached hydrogens (tertiary/aromatic N) is 3. The summed E-state index contributed by atoms with van der Waals surface area (Å²) >= 11 is 0. The van der Waals surface area contributed by atoms with Gasteiger partial charge in [0.25, 0.3) is 0 Å². The Kier molecular flexibility index (Phi) is 3.76. The Bertz CT molecular complexity index is 567. The van der Waals surface area contributed by atoms with E-state index in [9.17, 15) is 0 Å². The van der Waals surface area contributed by atoms with Crippen LogP contribution in [0.25, 0.3) is 0 Å². The third-order valence-corrected chi connectivity index (χ3v) is 2.98. The molecule has 0 atom stereocenters. The second kappa shape index (κ2) is 5.49. The molecule has 1 aromatic heterocycles. The summed E-state index contributed by atoms with van der Waals surface area (Å²) in [5.41, 5.74) is 2.45. The van der Waals surface area contributed by atoms with Crippen molar-refractivity contribution in [2.75, 3.05) is 5.32 Å². The van der Waals surface area contributed by atoms with E-state index in [4.69, 9.17) is 5.26 Å². The molecule has 2 aromatic rings. The van der Waals surface area contributed by atoms with Gasteiger partial charge in [-0.1, -0.05) is 12.1 Å². The zero-order chi connectivity index (χ0) is 13.7. The average Bonchev–Trinajstić information content (AvgIpc) is 2.47. The summed E-state index contributed by atoms with van der Waals surface area (Å²) < 4.78 is 0. The fraction of sp³-hybridized carbons (Fsp3) is 0.267. The van der Waals surface area contributed by atoms with Gasteiger partial charge in [0.05, 0.1) is 29.9 Å². The van der Waals surface area contributed by atoms with E-state index in [0.29, 0.717) is 6.54 Å². The minimum atomic E-state index is -0.455. The molecule has 0 unspecified atom stereocenters. The van der Waals surface area contributed by atoms with Crippen molar-refractivity contribution in [3.8, 4) is 6.07 Å². The highest BCUT2D eigenvalue weighted by molar-refractivity contribution is 5.47. The van der Waals surface area contributed by atoms with Gasteiger partial charge in [0.2, 0.25) is 0 Å². The molecule has 0 spiro atoms. The number of anilines is 1. The second-order valence-electron chi connectivity index (χ2n) is 4.86. The van der Waals surface area contributed by atoms with Gasteiger partial charge in [-0.3, -0.25) is 9.97 Å². The Labute approximate surface area is 113 Å². The highest BCUT2D eigenvalue weighted by Crippen LogP contribution is 2.23. The number of hydrogen-bond acceptors (Lipinski definition) is 4. The molecule has 19 heavy (non-hydrogen) atoms. The van der Waals surface area contributed by atoms with Crippen molar-refractivity contribution in [3.05, 3.63) is 54.1 Å². The van der Waals surface area contributed by atoms with E-state index in [0.717, 1.165) is 16.9 Å². The van der Waals surface area contributed by atoms with Gasteiger partial charge >= 0.3 is 0 Å². The zero-order valence-corrected chi connectivity index (χ0v) is 11.1. The molecule has 4 nitrogen and oxygen atoms in total. The monoisotopic (exact) mass is 252 g/mol. The first-order chi connectivity index (χ1) is 9.12. The first-order valence-corrected chi connectivity index (χ1v) is 6.12. The van der Waals surface area contributed by atoms with Crippen LogP contribution in [0, 0.1) is 11.3 Å². The summed E-state index contributed by atoms with van der Waals surface area (Å²) in [5, 5.41) is 12.4. The smallest absolute Gasteiger partial charge is 0.0777 e. The molecule has 1 N–H and O–H groups in total. The number of benzene rings is 1. The van der Waals surface area contributed by atoms with Crippen molar-refractivity contribution >= 4 is 5.69 Å². The highest BCUT2D eigenvalue weighted by Gasteiger charge is 2.18. The fourth-order valence-electron chi connectivity index (χ4n) is 1.68. The van der Waals surface area contributed by atoms with Crippen LogP contribution in [-0.2, 0) is 12.0 Å². The van der Waals surface area contributed by atoms with Crippen molar-refractivity contribution in [2.45, 2.75) is 25.8 Å². The minimum absolute atomic E-state index is 0.455. The molecule has 0 fully saturated rings. The van der Waals surface area contributed by atoms with Crippen LogP contribution >= 0.6 is 0 Å². The third-order valence-electron chi connectivity index (χ3n) is 2.98. The van der Waals surface area contributed by atoms with Crippen molar-refractivity contribution < 1.29 is 0 Å². The van der Waals surface area contributed by atoms with Gasteiger partial charge in [-0.15, -0.1) is 0 Å². The molecule has 0 aliphatic rings. The van der Waals surface area contributed by atoms with Crippen molar-refractivity contribution in [1.82, 2.24) is 9.97 Å². The van der Waals surface area contributed by atoms with Gasteiger partial charge in [-0.25, -0.2) is 0 Å². The predicted octanol–water partition coefficient (Wildman–Crippen LogP) is 2.89. The maximum Gasteiger partial charge on any atom is 0.0777 e. The molecule has 96 valence electrons. The Hall–Kier alpha value is -2.41. The molecule has 0 amide bonds. The summed E-state index contributed by atoms with van der Waals surface area (Å²) in [4.78, 5) is 8.21. The Morgan fingerprint density at radius 2 is 1.95 bits per heavy atom. The summed E-state index contributed by atoms with van der Waals surface area (Å²) in [6.45, 7) is 4.46. The second-order valence-corrected chi connectivity index (χ2v) is 4.86. The first-order valence-electron chi connectivity index (χ1n) is 6.12. The van der Waals surface area contributed by atoms with Gasteiger partial charge in [0.1, 0.15) is 0 Å². The maximum atomic E-state index is 9.09. The Morgan fingerprint density at radius 3 is 2.53 bits per heavy atom. The molecule has 0 aliphatic heterocycles. The minimum Gasteiger partial charge on any atom is -0.379 e. The molecule has 0 saturated heterocycles. The van der Waals surface area contributed by atoms with Crippen LogP contribution in [0.4, 0.5) is 5.69 Å². The normalized spacial score (nSPS) is 10.8. The summed E-state index contributed by atoms with van der Waals surface area (Å²) in [7, 11) is 0. The fourth-order valence-corrected chi connectivity index (χ4v) is 1.68. The van der Waals surface area contributed by atoms with E-state index in [1.165, 1.54) is 0 Å². The molecule has 1 heterocycles. The van der Waals surface area contributed by atoms with Crippen LogP contribution in [0.2, 0.25) is 0 Å². The lowest BCUT2D eigenvalue weighted by molar-refractivity contribution is 0.687. The summed E-state index contributed by atoms with van der Waals surface area (Å²) in [6, 6.07) is 10.2. The van der Waals surface area contributed by atoms with Crippen LogP contribution in [0.3, 0.4) is 0 Å². The van der Waals surface area contributed by atoms with Crippen molar-refractivity contribution in [3.63, 3.8) is 0 Å². The van der Waals surface area contributed by atoms with Gasteiger partial charge in [0, 0.05) is 18.1 Å². The summed E-state index contributed by atoms with van der Waals surface area (Å²) in [5.74, 6) is 0. The third kappa shape index (κ3) is 3.29. The zero-order valence-electron chi connectivity index (χ0n) is 11.1. The van der Waals surface area contributed by atoms with Crippen molar-refractivity contribution in [1.29, 1.82) is 5.26 Å². The standard InChI is InChI=1S/C15H16N4/c1-15(2,11-16)12-3-5-13(6-4-12)19-10-14-9-17-7-8-18-14/h3-9,19H,10H2,1-2H3. The van der Waals surface area contributed by atoms with Gasteiger partial charge in [-0.2, -0.15) is 5.26 Å². The SMILES string of the molecule is CC(C)(C#N)c1ccc(NCc2cnccn2)cc1. The number of nitrogens with one attached hydrogen (secondary N) is 1. The van der Waals surface area contributed by atoms with Crippen LogP contribution in [-0.4, -0.2) is 9.97 Å². The van der Waals surface area contributed by atoms with Gasteiger partial charge in [0.15, 0.2) is 0 Å². The Balaban J connectivity index is 2.02. The molecule has 0 saturated carbocycles. The van der Waals surface area contributed by atoms with E-state index in [-0.39, 0.29) is 0 Å². The first kappa shape index (κ1) is 13.0. The van der Waals surface area contributed by atoms with Crippen molar-refractivity contribution in [2.24, 2.45) is 0 Å². The van der Waals surface area contributed by atoms with Crippen LogP contribution < -0.4 is 5.32 Å². The van der Waals surface area contributed by atoms with Crippen LogP contribution in [0.15, 0.2) is 42.9 Å². The van der Waals surface area contributed by atoms with E-state index < -0.39 is 5.41 Å². The number of rotatable bonds is 4. The number of nitriles is 1. The van der Waals surface area contributed by atoms with Gasteiger partial charge < -0.3 is 5.32 Å². The number of hydrogen-bond donors (Lipinski definition) is 1. The summed E-state index contributed by atoms with van der Waals surface area (Å²) in [6.07, 6.45) is 5.07. The lowest BCUT2D eigenvalue weighted by Crippen LogP contribution is -2.13. The molecule has 0 bridgehead atoms. The average molecular weight is 252 g/mol. The van der Waals surface area contributed by atoms with Gasteiger partial charge in [-0.05, 0) is 31.5 Å². The molecule has 0 radical (unpaired) electrons. The largest absolute Gasteiger partial charge is 0.379 e. The molecule has 2 rings (SSSR count). The molecular formula is C15H16N4. The van der Waals surface area contributed by atoms with E-state index >= 15 is 0 Å². The highest BCUT2D eigenvalue weighted by atomic mass is 14.9. The molecular weight excluding hydrogens is 236 g/mol. The maximum absolute atomic E-state index is 9.09. The Morgan fingerprint density at radius 1 is 1.21 bits per heavy atom. The quantitative estimate of drug-likeness (QED) is 0.908. The van der Waals surface area contributed by atoms with E-state index in [1.54, 1.807) is 18.6 Å². The topological polar surface area (TPSA) is 61.6 Å². The lowest BCUT2D eigenvalue weighted by Gasteiger charge is -2.16. The van der Waals surface area contributed by atoms with E-state index in [1.807, 2.05) is 38.1 Å².